The number of nitrogens with zero attached hydrogens (tertiary/aromatic N) is 1. The maximum atomic E-state index is 11.3. The molecule has 7 nitrogen and oxygen atoms in total. The van der Waals surface area contributed by atoms with Crippen LogP contribution in [-0.4, -0.2) is 28.1 Å². The SMILES string of the molecule is CCc1cnc(CNC(=O)N[C@@H](C)C(=O)O)o1. The van der Waals surface area contributed by atoms with E-state index in [0.29, 0.717) is 5.89 Å². The van der Waals surface area contributed by atoms with Gasteiger partial charge in [0.05, 0.1) is 12.7 Å². The Morgan fingerprint density at radius 3 is 2.82 bits per heavy atom. The molecule has 1 aromatic rings. The third-order valence-corrected chi connectivity index (χ3v) is 2.07. The first kappa shape index (κ1) is 13.0. The molecule has 0 aliphatic rings. The molecule has 0 saturated carbocycles. The van der Waals surface area contributed by atoms with Crippen molar-refractivity contribution in [3.8, 4) is 0 Å². The maximum absolute atomic E-state index is 11.3. The van der Waals surface area contributed by atoms with E-state index >= 15 is 0 Å². The van der Waals surface area contributed by atoms with Crippen LogP contribution in [0.4, 0.5) is 4.79 Å². The highest BCUT2D eigenvalue weighted by molar-refractivity contribution is 5.81. The monoisotopic (exact) mass is 241 g/mol. The number of aromatic nitrogens is 1. The Balaban J connectivity index is 2.35. The van der Waals surface area contributed by atoms with Gasteiger partial charge in [0, 0.05) is 6.42 Å². The number of carboxylic acid groups (broad SMARTS) is 1. The van der Waals surface area contributed by atoms with Gasteiger partial charge in [-0.3, -0.25) is 4.79 Å². The zero-order valence-corrected chi connectivity index (χ0v) is 9.69. The molecule has 1 aromatic heterocycles. The van der Waals surface area contributed by atoms with E-state index in [9.17, 15) is 9.59 Å². The molecule has 0 bridgehead atoms. The first-order valence-corrected chi connectivity index (χ1v) is 5.23. The van der Waals surface area contributed by atoms with Gasteiger partial charge in [0.15, 0.2) is 0 Å². The van der Waals surface area contributed by atoms with Crippen molar-refractivity contribution in [1.82, 2.24) is 15.6 Å². The van der Waals surface area contributed by atoms with E-state index in [-0.39, 0.29) is 6.54 Å². The number of nitrogens with one attached hydrogen (secondary N) is 2. The lowest BCUT2D eigenvalue weighted by Gasteiger charge is -2.09. The predicted molar refractivity (Wildman–Crippen MR) is 58.4 cm³/mol. The Bertz CT molecular complexity index is 402. The van der Waals surface area contributed by atoms with Crippen molar-refractivity contribution < 1.29 is 19.1 Å². The van der Waals surface area contributed by atoms with Crippen LogP contribution in [0.5, 0.6) is 0 Å². The molecule has 1 heterocycles. The highest BCUT2D eigenvalue weighted by Crippen LogP contribution is 2.03. The van der Waals surface area contributed by atoms with Crippen molar-refractivity contribution in [3.05, 3.63) is 17.8 Å². The van der Waals surface area contributed by atoms with E-state index in [1.807, 2.05) is 6.92 Å². The van der Waals surface area contributed by atoms with Crippen LogP contribution < -0.4 is 10.6 Å². The van der Waals surface area contributed by atoms with E-state index in [4.69, 9.17) is 9.52 Å². The van der Waals surface area contributed by atoms with Gasteiger partial charge in [0.25, 0.3) is 0 Å². The van der Waals surface area contributed by atoms with Crippen molar-refractivity contribution in [2.24, 2.45) is 0 Å². The average Bonchev–Trinajstić information content (AvgIpc) is 2.74. The standard InChI is InChI=1S/C10H15N3O4/c1-3-7-4-11-8(17-7)5-12-10(16)13-6(2)9(14)15/h4,6H,3,5H2,1-2H3,(H,14,15)(H2,12,13,16)/t6-/m0/s1. The first-order chi connectivity index (χ1) is 8.02. The summed E-state index contributed by atoms with van der Waals surface area (Å²) in [7, 11) is 0. The Hall–Kier alpha value is -2.05. The summed E-state index contributed by atoms with van der Waals surface area (Å²) in [5.74, 6) is 0.0330. The van der Waals surface area contributed by atoms with Crippen LogP contribution in [0.25, 0.3) is 0 Å². The number of rotatable bonds is 5. The van der Waals surface area contributed by atoms with Crippen LogP contribution in [0.3, 0.4) is 0 Å². The molecule has 0 spiro atoms. The summed E-state index contributed by atoms with van der Waals surface area (Å²) in [4.78, 5) is 25.7. The number of carbonyl (C=O) groups excluding carboxylic acids is 1. The molecule has 0 radical (unpaired) electrons. The predicted octanol–water partition coefficient (Wildman–Crippen LogP) is 0.509. The van der Waals surface area contributed by atoms with Gasteiger partial charge in [-0.2, -0.15) is 0 Å². The molecule has 94 valence electrons. The number of aliphatic carboxylic acids is 1. The second-order valence-electron chi connectivity index (χ2n) is 3.46. The maximum Gasteiger partial charge on any atom is 0.325 e. The van der Waals surface area contributed by atoms with E-state index < -0.39 is 18.0 Å². The molecule has 17 heavy (non-hydrogen) atoms. The van der Waals surface area contributed by atoms with Gasteiger partial charge in [0.1, 0.15) is 11.8 Å². The van der Waals surface area contributed by atoms with E-state index in [2.05, 4.69) is 15.6 Å². The third kappa shape index (κ3) is 4.13. The van der Waals surface area contributed by atoms with Gasteiger partial charge in [-0.25, -0.2) is 9.78 Å². The fraction of sp³-hybridized carbons (Fsp3) is 0.500. The van der Waals surface area contributed by atoms with Gasteiger partial charge < -0.3 is 20.2 Å². The second-order valence-corrected chi connectivity index (χ2v) is 3.46. The molecule has 2 amide bonds. The van der Waals surface area contributed by atoms with Gasteiger partial charge in [-0.1, -0.05) is 6.92 Å². The van der Waals surface area contributed by atoms with Crippen LogP contribution >= 0.6 is 0 Å². The number of hydrogen-bond donors (Lipinski definition) is 3. The lowest BCUT2D eigenvalue weighted by molar-refractivity contribution is -0.138. The average molecular weight is 241 g/mol. The van der Waals surface area contributed by atoms with Crippen molar-refractivity contribution in [2.45, 2.75) is 32.9 Å². The number of oxazole rings is 1. The smallest absolute Gasteiger partial charge is 0.325 e. The minimum absolute atomic E-state index is 0.123. The van der Waals surface area contributed by atoms with Gasteiger partial charge >= 0.3 is 12.0 Å². The molecule has 0 aliphatic carbocycles. The molecule has 0 aliphatic heterocycles. The lowest BCUT2D eigenvalue weighted by Crippen LogP contribution is -2.44. The molecule has 3 N–H and O–H groups in total. The minimum atomic E-state index is -1.09. The van der Waals surface area contributed by atoms with Crippen molar-refractivity contribution in [2.75, 3.05) is 0 Å². The van der Waals surface area contributed by atoms with Crippen LogP contribution in [0.2, 0.25) is 0 Å². The van der Waals surface area contributed by atoms with Gasteiger partial charge in [0.2, 0.25) is 5.89 Å². The highest BCUT2D eigenvalue weighted by atomic mass is 16.4. The summed E-state index contributed by atoms with van der Waals surface area (Å²) in [6, 6.07) is -1.51. The Labute approximate surface area is 98.2 Å². The summed E-state index contributed by atoms with van der Waals surface area (Å²) < 4.78 is 5.27. The molecule has 7 heteroatoms. The molecule has 0 fully saturated rings. The fourth-order valence-corrected chi connectivity index (χ4v) is 1.06. The summed E-state index contributed by atoms with van der Waals surface area (Å²) in [6.45, 7) is 3.43. The van der Waals surface area contributed by atoms with E-state index in [1.165, 1.54) is 6.92 Å². The largest absolute Gasteiger partial charge is 0.480 e. The number of carbonyl (C=O) groups is 2. The molecule has 0 aromatic carbocycles. The highest BCUT2D eigenvalue weighted by Gasteiger charge is 2.13. The zero-order valence-electron chi connectivity index (χ0n) is 9.69. The van der Waals surface area contributed by atoms with Gasteiger partial charge in [-0.15, -0.1) is 0 Å². The van der Waals surface area contributed by atoms with E-state index in [1.54, 1.807) is 6.20 Å². The minimum Gasteiger partial charge on any atom is -0.480 e. The Kier molecular flexibility index (Phi) is 4.50. The molecule has 0 unspecified atom stereocenters. The fourth-order valence-electron chi connectivity index (χ4n) is 1.06. The Morgan fingerprint density at radius 2 is 2.29 bits per heavy atom. The second kappa shape index (κ2) is 5.88. The molecule has 1 rings (SSSR count). The molecule has 0 saturated heterocycles. The van der Waals surface area contributed by atoms with Crippen LogP contribution in [0.15, 0.2) is 10.6 Å². The topological polar surface area (TPSA) is 104 Å². The lowest BCUT2D eigenvalue weighted by atomic mass is 10.3. The summed E-state index contributed by atoms with van der Waals surface area (Å²) in [6.07, 6.45) is 2.32. The van der Waals surface area contributed by atoms with Crippen molar-refractivity contribution in [3.63, 3.8) is 0 Å². The first-order valence-electron chi connectivity index (χ1n) is 5.23. The molecular formula is C10H15N3O4. The van der Waals surface area contributed by atoms with Gasteiger partial charge in [-0.05, 0) is 6.92 Å². The number of hydrogen-bond acceptors (Lipinski definition) is 4. The molecular weight excluding hydrogens is 226 g/mol. The summed E-state index contributed by atoms with van der Waals surface area (Å²) in [5.41, 5.74) is 0. The number of urea groups is 1. The number of carboxylic acids is 1. The number of aryl methyl sites for hydroxylation is 1. The third-order valence-electron chi connectivity index (χ3n) is 2.07. The quantitative estimate of drug-likeness (QED) is 0.696. The zero-order chi connectivity index (χ0) is 12.8. The summed E-state index contributed by atoms with van der Waals surface area (Å²) >= 11 is 0. The normalized spacial score (nSPS) is 11.9. The van der Waals surface area contributed by atoms with Crippen LogP contribution in [0.1, 0.15) is 25.5 Å². The number of amides is 2. The van der Waals surface area contributed by atoms with E-state index in [0.717, 1.165) is 12.2 Å². The summed E-state index contributed by atoms with van der Waals surface area (Å²) in [5, 5.41) is 13.3. The molecule has 1 atom stereocenters. The van der Waals surface area contributed by atoms with Crippen LogP contribution in [0, 0.1) is 0 Å². The van der Waals surface area contributed by atoms with Crippen molar-refractivity contribution in [1.29, 1.82) is 0 Å². The van der Waals surface area contributed by atoms with Crippen molar-refractivity contribution >= 4 is 12.0 Å². The Morgan fingerprint density at radius 1 is 1.59 bits per heavy atom. The van der Waals surface area contributed by atoms with Crippen LogP contribution in [-0.2, 0) is 17.8 Å².